The highest BCUT2D eigenvalue weighted by atomic mass is 35.5. The second-order valence-corrected chi connectivity index (χ2v) is 6.68. The standard InChI is InChI=1S/C21H17ClN2O3S/c22-16-7-4-14(5-8-16)6-11-20(26)24-21(28)23-17-3-1-2-15(12-17)19-10-9-18(13-25)27-19/h1-12,25H,13H2,(H2,23,24,26,28). The van der Waals surface area contributed by atoms with E-state index in [2.05, 4.69) is 10.6 Å². The number of hydrogen-bond donors (Lipinski definition) is 3. The van der Waals surface area contributed by atoms with Crippen LogP contribution in [0.2, 0.25) is 5.02 Å². The van der Waals surface area contributed by atoms with E-state index in [9.17, 15) is 4.79 Å². The van der Waals surface area contributed by atoms with Gasteiger partial charge in [0.25, 0.3) is 0 Å². The predicted molar refractivity (Wildman–Crippen MR) is 115 cm³/mol. The van der Waals surface area contributed by atoms with Crippen molar-refractivity contribution < 1.29 is 14.3 Å². The van der Waals surface area contributed by atoms with Crippen LogP contribution in [0.4, 0.5) is 5.69 Å². The van der Waals surface area contributed by atoms with Gasteiger partial charge < -0.3 is 14.8 Å². The SMILES string of the molecule is O=C(C=Cc1ccc(Cl)cc1)NC(=S)Nc1cccc(-c2ccc(CO)o2)c1. The minimum absolute atomic E-state index is 0.155. The van der Waals surface area contributed by atoms with Crippen LogP contribution in [0.25, 0.3) is 17.4 Å². The zero-order valence-electron chi connectivity index (χ0n) is 14.7. The molecule has 0 aliphatic rings. The summed E-state index contributed by atoms with van der Waals surface area (Å²) in [7, 11) is 0. The molecule has 2 aromatic carbocycles. The minimum atomic E-state index is -0.345. The number of amides is 1. The molecule has 3 rings (SSSR count). The molecule has 3 N–H and O–H groups in total. The second kappa shape index (κ2) is 9.32. The molecule has 142 valence electrons. The van der Waals surface area contributed by atoms with E-state index in [1.54, 1.807) is 30.3 Å². The van der Waals surface area contributed by atoms with Crippen LogP contribution in [0.5, 0.6) is 0 Å². The van der Waals surface area contributed by atoms with Gasteiger partial charge in [0.1, 0.15) is 18.1 Å². The fraction of sp³-hybridized carbons (Fsp3) is 0.0476. The molecular formula is C21H17ClN2O3S. The van der Waals surface area contributed by atoms with Crippen molar-refractivity contribution in [3.05, 3.63) is 83.1 Å². The van der Waals surface area contributed by atoms with E-state index in [1.165, 1.54) is 6.08 Å². The van der Waals surface area contributed by atoms with Gasteiger partial charge in [0, 0.05) is 22.3 Å². The number of aliphatic hydroxyl groups excluding tert-OH is 1. The fourth-order valence-corrected chi connectivity index (χ4v) is 2.77. The Balaban J connectivity index is 1.59. The largest absolute Gasteiger partial charge is 0.459 e. The van der Waals surface area contributed by atoms with Crippen molar-refractivity contribution in [2.24, 2.45) is 0 Å². The fourth-order valence-electron chi connectivity index (χ4n) is 2.43. The van der Waals surface area contributed by atoms with Crippen molar-refractivity contribution in [2.75, 3.05) is 5.32 Å². The van der Waals surface area contributed by atoms with Gasteiger partial charge in [-0.1, -0.05) is 35.9 Å². The summed E-state index contributed by atoms with van der Waals surface area (Å²) in [5.41, 5.74) is 2.37. The van der Waals surface area contributed by atoms with Crippen LogP contribution in [0.15, 0.2) is 71.2 Å². The summed E-state index contributed by atoms with van der Waals surface area (Å²) in [5.74, 6) is 0.777. The first kappa shape index (κ1) is 19.8. The summed E-state index contributed by atoms with van der Waals surface area (Å²) < 4.78 is 5.53. The lowest BCUT2D eigenvalue weighted by atomic mass is 10.1. The number of carbonyl (C=O) groups excluding carboxylic acids is 1. The van der Waals surface area contributed by atoms with Gasteiger partial charge in [-0.05, 0) is 60.3 Å². The normalized spacial score (nSPS) is 10.8. The van der Waals surface area contributed by atoms with E-state index < -0.39 is 0 Å². The van der Waals surface area contributed by atoms with Crippen molar-refractivity contribution in [2.45, 2.75) is 6.61 Å². The maximum absolute atomic E-state index is 12.0. The Morgan fingerprint density at radius 1 is 1.14 bits per heavy atom. The van der Waals surface area contributed by atoms with Crippen molar-refractivity contribution in [1.82, 2.24) is 5.32 Å². The predicted octanol–water partition coefficient (Wildman–Crippen LogP) is 4.62. The molecule has 0 atom stereocenters. The van der Waals surface area contributed by atoms with Crippen LogP contribution >= 0.6 is 23.8 Å². The number of nitrogens with one attached hydrogen (secondary N) is 2. The van der Waals surface area contributed by atoms with Crippen molar-refractivity contribution in [1.29, 1.82) is 0 Å². The zero-order valence-corrected chi connectivity index (χ0v) is 16.3. The number of aliphatic hydroxyl groups is 1. The molecule has 0 bridgehead atoms. The molecule has 1 heterocycles. The van der Waals surface area contributed by atoms with Gasteiger partial charge >= 0.3 is 0 Å². The highest BCUT2D eigenvalue weighted by Gasteiger charge is 2.07. The van der Waals surface area contributed by atoms with Gasteiger partial charge in [-0.15, -0.1) is 0 Å². The number of anilines is 1. The van der Waals surface area contributed by atoms with Crippen molar-refractivity contribution >= 4 is 46.6 Å². The Hall–Kier alpha value is -2.93. The molecule has 1 aromatic heterocycles. The average molecular weight is 413 g/mol. The Bertz CT molecular complexity index is 1010. The maximum atomic E-state index is 12.0. The number of furan rings is 1. The lowest BCUT2D eigenvalue weighted by Crippen LogP contribution is -2.32. The van der Waals surface area contributed by atoms with E-state index in [-0.39, 0.29) is 17.6 Å². The van der Waals surface area contributed by atoms with Gasteiger partial charge in [-0.2, -0.15) is 0 Å². The van der Waals surface area contributed by atoms with E-state index in [0.717, 1.165) is 11.1 Å². The molecule has 0 aliphatic heterocycles. The third-order valence-electron chi connectivity index (χ3n) is 3.76. The van der Waals surface area contributed by atoms with Crippen LogP contribution in [0, 0.1) is 0 Å². The van der Waals surface area contributed by atoms with Gasteiger partial charge in [-0.25, -0.2) is 0 Å². The highest BCUT2D eigenvalue weighted by Crippen LogP contribution is 2.24. The molecule has 3 aromatic rings. The van der Waals surface area contributed by atoms with Crippen LogP contribution in [-0.4, -0.2) is 16.1 Å². The summed E-state index contributed by atoms with van der Waals surface area (Å²) in [4.78, 5) is 12.0. The molecule has 0 spiro atoms. The third-order valence-corrected chi connectivity index (χ3v) is 4.21. The minimum Gasteiger partial charge on any atom is -0.459 e. The van der Waals surface area contributed by atoms with Gasteiger partial charge in [0.05, 0.1) is 0 Å². The molecular weight excluding hydrogens is 396 g/mol. The topological polar surface area (TPSA) is 74.5 Å². The Labute approximate surface area is 172 Å². The van der Waals surface area contributed by atoms with Crippen molar-refractivity contribution in [3.8, 4) is 11.3 Å². The first-order valence-corrected chi connectivity index (χ1v) is 9.18. The number of carbonyl (C=O) groups is 1. The molecule has 1 amide bonds. The molecule has 0 fully saturated rings. The molecule has 0 unspecified atom stereocenters. The Kier molecular flexibility index (Phi) is 6.60. The van der Waals surface area contributed by atoms with Gasteiger partial charge in [0.2, 0.25) is 5.91 Å². The van der Waals surface area contributed by atoms with E-state index >= 15 is 0 Å². The number of rotatable bonds is 5. The molecule has 28 heavy (non-hydrogen) atoms. The summed E-state index contributed by atoms with van der Waals surface area (Å²) in [6.07, 6.45) is 3.07. The van der Waals surface area contributed by atoms with E-state index in [4.69, 9.17) is 33.3 Å². The number of hydrogen-bond acceptors (Lipinski definition) is 4. The lowest BCUT2D eigenvalue weighted by Gasteiger charge is -2.09. The smallest absolute Gasteiger partial charge is 0.250 e. The third kappa shape index (κ3) is 5.53. The number of halogens is 1. The Morgan fingerprint density at radius 3 is 2.64 bits per heavy atom. The molecule has 0 radical (unpaired) electrons. The van der Waals surface area contributed by atoms with E-state index in [1.807, 2.05) is 36.4 Å². The summed E-state index contributed by atoms with van der Waals surface area (Å²) in [6, 6.07) is 18.0. The number of thiocarbonyl (C=S) groups is 1. The first-order chi connectivity index (χ1) is 13.5. The van der Waals surface area contributed by atoms with Gasteiger partial charge in [-0.3, -0.25) is 10.1 Å². The van der Waals surface area contributed by atoms with Crippen LogP contribution in [0.3, 0.4) is 0 Å². The molecule has 0 aliphatic carbocycles. The van der Waals surface area contributed by atoms with E-state index in [0.29, 0.717) is 22.2 Å². The van der Waals surface area contributed by atoms with Crippen LogP contribution in [-0.2, 0) is 11.4 Å². The maximum Gasteiger partial charge on any atom is 0.250 e. The highest BCUT2D eigenvalue weighted by molar-refractivity contribution is 7.80. The molecule has 7 heteroatoms. The molecule has 5 nitrogen and oxygen atoms in total. The summed E-state index contributed by atoms with van der Waals surface area (Å²) in [5, 5.41) is 15.5. The zero-order chi connectivity index (χ0) is 19.9. The average Bonchev–Trinajstić information content (AvgIpc) is 3.17. The van der Waals surface area contributed by atoms with Crippen molar-refractivity contribution in [3.63, 3.8) is 0 Å². The van der Waals surface area contributed by atoms with Crippen LogP contribution in [0.1, 0.15) is 11.3 Å². The summed E-state index contributed by atoms with van der Waals surface area (Å²) in [6.45, 7) is -0.155. The molecule has 0 saturated heterocycles. The molecule has 0 saturated carbocycles. The lowest BCUT2D eigenvalue weighted by molar-refractivity contribution is -0.115. The van der Waals surface area contributed by atoms with Gasteiger partial charge in [0.15, 0.2) is 5.11 Å². The second-order valence-electron chi connectivity index (χ2n) is 5.83. The summed E-state index contributed by atoms with van der Waals surface area (Å²) >= 11 is 11.0. The first-order valence-electron chi connectivity index (χ1n) is 8.39. The quantitative estimate of drug-likeness (QED) is 0.421. The Morgan fingerprint density at radius 2 is 1.93 bits per heavy atom. The number of benzene rings is 2. The van der Waals surface area contributed by atoms with Crippen LogP contribution < -0.4 is 10.6 Å². The monoisotopic (exact) mass is 412 g/mol.